The van der Waals surface area contributed by atoms with E-state index in [1.807, 2.05) is 6.26 Å². The van der Waals surface area contributed by atoms with Crippen LogP contribution in [0.25, 0.3) is 0 Å². The molecule has 0 aromatic rings. The molecule has 0 bridgehead atoms. The molecule has 0 aromatic heterocycles. The Bertz CT molecular complexity index is 634. The molecule has 0 aliphatic rings. The minimum Gasteiger partial charge on any atom is -0.480 e. The third-order valence-corrected chi connectivity index (χ3v) is 5.05. The maximum atomic E-state index is 12.6. The fraction of sp³-hybridized carbons (Fsp3) is 0.706. The summed E-state index contributed by atoms with van der Waals surface area (Å²) in [4.78, 5) is 59.4. The van der Waals surface area contributed by atoms with Crippen LogP contribution in [0.1, 0.15) is 26.7 Å². The van der Waals surface area contributed by atoms with Crippen molar-refractivity contribution in [3.63, 3.8) is 0 Å². The van der Waals surface area contributed by atoms with E-state index in [4.69, 9.17) is 11.5 Å². The first-order chi connectivity index (χ1) is 13.9. The highest BCUT2D eigenvalue weighted by molar-refractivity contribution is 7.98. The highest BCUT2D eigenvalue weighted by atomic mass is 32.2. The number of thioether (sulfide) groups is 1. The second kappa shape index (κ2) is 14.1. The van der Waals surface area contributed by atoms with Gasteiger partial charge in [0.2, 0.25) is 23.6 Å². The minimum absolute atomic E-state index is 0.0984. The molecule has 4 atom stereocenters. The van der Waals surface area contributed by atoms with Gasteiger partial charge >= 0.3 is 5.97 Å². The summed E-state index contributed by atoms with van der Waals surface area (Å²) in [6, 6.07) is -4.47. The zero-order chi connectivity index (χ0) is 23.4. The molecule has 0 fully saturated rings. The van der Waals surface area contributed by atoms with Gasteiger partial charge in [0.15, 0.2) is 0 Å². The number of nitrogens with two attached hydrogens (primary N) is 2. The average Bonchev–Trinajstić information content (AvgIpc) is 2.65. The van der Waals surface area contributed by atoms with Crippen LogP contribution in [0.2, 0.25) is 0 Å². The highest BCUT2D eigenvalue weighted by Gasteiger charge is 2.31. The lowest BCUT2D eigenvalue weighted by Gasteiger charge is -2.26. The van der Waals surface area contributed by atoms with E-state index in [-0.39, 0.29) is 18.1 Å². The SMILES string of the molecule is CSCCC(NC(=O)C(NC(=O)C(CS)NC(=O)C(N)CC(N)=O)C(C)C)C(=O)O. The van der Waals surface area contributed by atoms with Gasteiger partial charge in [0, 0.05) is 5.75 Å². The summed E-state index contributed by atoms with van der Waals surface area (Å²) in [7, 11) is 0. The van der Waals surface area contributed by atoms with E-state index >= 15 is 0 Å². The Morgan fingerprint density at radius 1 is 1.00 bits per heavy atom. The minimum atomic E-state index is -1.23. The number of rotatable bonds is 14. The van der Waals surface area contributed by atoms with E-state index in [9.17, 15) is 29.1 Å². The van der Waals surface area contributed by atoms with Crippen molar-refractivity contribution >= 4 is 54.0 Å². The fourth-order valence-electron chi connectivity index (χ4n) is 2.33. The Morgan fingerprint density at radius 3 is 2.00 bits per heavy atom. The number of hydrogen-bond donors (Lipinski definition) is 7. The Balaban J connectivity index is 5.14. The molecule has 4 amide bonds. The van der Waals surface area contributed by atoms with E-state index in [0.29, 0.717) is 5.75 Å². The van der Waals surface area contributed by atoms with Crippen molar-refractivity contribution in [3.8, 4) is 0 Å². The summed E-state index contributed by atoms with van der Waals surface area (Å²) in [5, 5.41) is 16.6. The van der Waals surface area contributed by atoms with Crippen molar-refractivity contribution in [1.29, 1.82) is 0 Å². The molecule has 0 radical (unpaired) electrons. The van der Waals surface area contributed by atoms with Gasteiger partial charge in [-0.2, -0.15) is 24.4 Å². The fourth-order valence-corrected chi connectivity index (χ4v) is 3.05. The standard InChI is InChI=1S/C17H31N5O6S2/c1-8(2)13(16(26)20-10(17(27)28)4-5-30-3)22-15(25)11(7-29)21-14(24)9(18)6-12(19)23/h8-11,13,29H,4-7,18H2,1-3H3,(H2,19,23)(H,20,26)(H,21,24)(H,22,25)(H,27,28). The van der Waals surface area contributed by atoms with Crippen molar-refractivity contribution in [3.05, 3.63) is 0 Å². The largest absolute Gasteiger partial charge is 0.480 e. The molecule has 0 rings (SSSR count). The topological polar surface area (TPSA) is 194 Å². The van der Waals surface area contributed by atoms with Crippen LogP contribution in [-0.2, 0) is 24.0 Å². The molecule has 4 unspecified atom stereocenters. The molecule has 13 heteroatoms. The van der Waals surface area contributed by atoms with Crippen LogP contribution in [0.3, 0.4) is 0 Å². The molecule has 0 saturated heterocycles. The van der Waals surface area contributed by atoms with Crippen molar-refractivity contribution in [2.45, 2.75) is 50.9 Å². The number of hydrogen-bond acceptors (Lipinski definition) is 8. The Hall–Kier alpha value is -1.99. The van der Waals surface area contributed by atoms with Crippen LogP contribution in [0.5, 0.6) is 0 Å². The predicted molar refractivity (Wildman–Crippen MR) is 117 cm³/mol. The summed E-state index contributed by atoms with van der Waals surface area (Å²) >= 11 is 5.47. The van der Waals surface area contributed by atoms with Gasteiger partial charge in [-0.15, -0.1) is 0 Å². The van der Waals surface area contributed by atoms with Crippen molar-refractivity contribution in [2.24, 2.45) is 17.4 Å². The molecular weight excluding hydrogens is 434 g/mol. The van der Waals surface area contributed by atoms with Crippen LogP contribution in [0, 0.1) is 5.92 Å². The molecular formula is C17H31N5O6S2. The van der Waals surface area contributed by atoms with Crippen LogP contribution in [-0.4, -0.2) is 76.6 Å². The number of carbonyl (C=O) groups excluding carboxylic acids is 4. The second-order valence-corrected chi connectivity index (χ2v) is 8.28. The van der Waals surface area contributed by atoms with Crippen molar-refractivity contribution in [1.82, 2.24) is 16.0 Å². The van der Waals surface area contributed by atoms with Gasteiger partial charge in [-0.05, 0) is 24.3 Å². The Kier molecular flexibility index (Phi) is 13.2. The number of carboxylic acids is 1. The third kappa shape index (κ3) is 10.2. The summed E-state index contributed by atoms with van der Waals surface area (Å²) in [6.07, 6.45) is 1.66. The van der Waals surface area contributed by atoms with E-state index in [2.05, 4.69) is 28.6 Å². The smallest absolute Gasteiger partial charge is 0.326 e. The predicted octanol–water partition coefficient (Wildman–Crippen LogP) is -1.93. The molecule has 0 spiro atoms. The summed E-state index contributed by atoms with van der Waals surface area (Å²) < 4.78 is 0. The van der Waals surface area contributed by atoms with E-state index in [1.54, 1.807) is 13.8 Å². The van der Waals surface area contributed by atoms with E-state index < -0.39 is 60.2 Å². The van der Waals surface area contributed by atoms with Crippen LogP contribution >= 0.6 is 24.4 Å². The second-order valence-electron chi connectivity index (χ2n) is 6.93. The number of amides is 4. The van der Waals surface area contributed by atoms with Gasteiger partial charge < -0.3 is 32.5 Å². The number of carbonyl (C=O) groups is 5. The molecule has 0 saturated carbocycles. The van der Waals surface area contributed by atoms with Crippen molar-refractivity contribution in [2.75, 3.05) is 17.8 Å². The van der Waals surface area contributed by atoms with E-state index in [1.165, 1.54) is 11.8 Å². The molecule has 172 valence electrons. The normalized spacial score (nSPS) is 14.9. The third-order valence-electron chi connectivity index (χ3n) is 4.05. The van der Waals surface area contributed by atoms with E-state index in [0.717, 1.165) is 0 Å². The van der Waals surface area contributed by atoms with Crippen LogP contribution < -0.4 is 27.4 Å². The molecule has 0 aromatic carbocycles. The lowest BCUT2D eigenvalue weighted by Crippen LogP contribution is -2.59. The number of primary amides is 1. The lowest BCUT2D eigenvalue weighted by molar-refractivity contribution is -0.142. The van der Waals surface area contributed by atoms with Crippen LogP contribution in [0.4, 0.5) is 0 Å². The lowest BCUT2D eigenvalue weighted by atomic mass is 10.0. The number of carboxylic acid groups (broad SMARTS) is 1. The van der Waals surface area contributed by atoms with Gasteiger partial charge in [-0.1, -0.05) is 13.8 Å². The summed E-state index contributed by atoms with van der Waals surface area (Å²) in [5.41, 5.74) is 10.5. The Labute approximate surface area is 185 Å². The highest BCUT2D eigenvalue weighted by Crippen LogP contribution is 2.06. The zero-order valence-corrected chi connectivity index (χ0v) is 18.9. The maximum Gasteiger partial charge on any atom is 0.326 e. The molecule has 8 N–H and O–H groups in total. The van der Waals surface area contributed by atoms with Gasteiger partial charge in [0.05, 0.1) is 12.5 Å². The maximum absolute atomic E-state index is 12.6. The molecule has 0 aliphatic carbocycles. The quantitative estimate of drug-likeness (QED) is 0.144. The number of aliphatic carboxylic acids is 1. The summed E-state index contributed by atoms with van der Waals surface area (Å²) in [5.74, 6) is -3.98. The molecule has 11 nitrogen and oxygen atoms in total. The van der Waals surface area contributed by atoms with Gasteiger partial charge in [0.1, 0.15) is 18.1 Å². The average molecular weight is 466 g/mol. The van der Waals surface area contributed by atoms with Crippen LogP contribution in [0.15, 0.2) is 0 Å². The molecule has 30 heavy (non-hydrogen) atoms. The Morgan fingerprint density at radius 2 is 1.57 bits per heavy atom. The number of nitrogens with one attached hydrogen (secondary N) is 3. The van der Waals surface area contributed by atoms with Gasteiger partial charge in [0.25, 0.3) is 0 Å². The first-order valence-corrected chi connectivity index (χ1v) is 11.2. The van der Waals surface area contributed by atoms with Gasteiger partial charge in [-0.25, -0.2) is 4.79 Å². The zero-order valence-electron chi connectivity index (χ0n) is 17.2. The molecule has 0 aliphatic heterocycles. The first-order valence-electron chi connectivity index (χ1n) is 9.22. The first kappa shape index (κ1) is 28.0. The van der Waals surface area contributed by atoms with Gasteiger partial charge in [-0.3, -0.25) is 19.2 Å². The summed E-state index contributed by atoms with van der Waals surface area (Å²) in [6.45, 7) is 3.36. The van der Waals surface area contributed by atoms with Crippen molar-refractivity contribution < 1.29 is 29.1 Å². The monoisotopic (exact) mass is 465 g/mol. The number of thiol groups is 1. The molecule has 0 heterocycles.